The van der Waals surface area contributed by atoms with Crippen LogP contribution in [0.3, 0.4) is 0 Å². The molecule has 0 heterocycles. The molecule has 0 aliphatic carbocycles. The van der Waals surface area contributed by atoms with Crippen molar-refractivity contribution in [1.82, 2.24) is 0 Å². The Hall–Kier alpha value is -3.50. The number of hydrogen-bond donors (Lipinski definition) is 1. The van der Waals surface area contributed by atoms with Crippen LogP contribution in [0.25, 0.3) is 16.8 Å². The van der Waals surface area contributed by atoms with Gasteiger partial charge in [-0.05, 0) is 81.2 Å². The number of nitriles is 1. The third-order valence-electron chi connectivity index (χ3n) is 5.74. The molecular weight excluding hydrogens is 575 g/mol. The number of benzene rings is 4. The minimum absolute atomic E-state index is 0.0972. The molecule has 186 valence electrons. The van der Waals surface area contributed by atoms with Gasteiger partial charge in [-0.15, -0.1) is 0 Å². The van der Waals surface area contributed by atoms with Crippen molar-refractivity contribution in [2.45, 2.75) is 13.5 Å². The van der Waals surface area contributed by atoms with Crippen LogP contribution >= 0.6 is 39.1 Å². The number of aryl methyl sites for hydroxylation is 1. The van der Waals surface area contributed by atoms with Gasteiger partial charge in [-0.1, -0.05) is 59.6 Å². The van der Waals surface area contributed by atoms with Gasteiger partial charge in [0, 0.05) is 11.3 Å². The molecule has 1 amide bonds. The van der Waals surface area contributed by atoms with E-state index in [0.717, 1.165) is 21.9 Å². The number of hydrogen-bond acceptors (Lipinski definition) is 4. The second-order valence-electron chi connectivity index (χ2n) is 8.16. The van der Waals surface area contributed by atoms with E-state index in [9.17, 15) is 10.1 Å². The third-order valence-corrected chi connectivity index (χ3v) is 7.07. The molecule has 0 aromatic heterocycles. The molecule has 0 saturated carbocycles. The number of anilines is 1. The van der Waals surface area contributed by atoms with E-state index in [1.807, 2.05) is 18.2 Å². The van der Waals surface area contributed by atoms with Crippen molar-refractivity contribution in [3.63, 3.8) is 0 Å². The summed E-state index contributed by atoms with van der Waals surface area (Å²) in [6.07, 6.45) is 1.47. The first-order valence-electron chi connectivity index (χ1n) is 11.2. The van der Waals surface area contributed by atoms with Crippen molar-refractivity contribution in [3.05, 3.63) is 104 Å². The number of amides is 1. The Morgan fingerprint density at radius 1 is 1.08 bits per heavy atom. The second-order valence-corrected chi connectivity index (χ2v) is 9.83. The Kier molecular flexibility index (Phi) is 8.40. The van der Waals surface area contributed by atoms with E-state index in [0.29, 0.717) is 43.9 Å². The predicted octanol–water partition coefficient (Wildman–Crippen LogP) is 8.35. The Morgan fingerprint density at radius 3 is 2.59 bits per heavy atom. The summed E-state index contributed by atoms with van der Waals surface area (Å²) in [6, 6.07) is 22.4. The zero-order chi connectivity index (χ0) is 26.5. The first-order chi connectivity index (χ1) is 17.8. The summed E-state index contributed by atoms with van der Waals surface area (Å²) in [7, 11) is 1.54. The van der Waals surface area contributed by atoms with Crippen LogP contribution < -0.4 is 14.8 Å². The lowest BCUT2D eigenvalue weighted by atomic mass is 10.0. The normalized spacial score (nSPS) is 11.2. The molecule has 0 saturated heterocycles. The standard InChI is InChI=1S/C29H21BrCl2N2O3/c1-17-7-8-19-5-3-4-6-22(19)23(17)16-37-28-24(30)12-18(13-27(28)36-2)11-20(15-33)29(35)34-21-9-10-25(31)26(32)14-21/h3-14H,16H2,1-2H3,(H,34,35)/b20-11+. The van der Waals surface area contributed by atoms with E-state index in [1.165, 1.54) is 19.3 Å². The molecule has 0 bridgehead atoms. The first kappa shape index (κ1) is 26.6. The highest BCUT2D eigenvalue weighted by molar-refractivity contribution is 9.10. The minimum atomic E-state index is -0.581. The number of nitrogens with zero attached hydrogens (tertiary/aromatic N) is 1. The summed E-state index contributed by atoms with van der Waals surface area (Å²) < 4.78 is 12.4. The lowest BCUT2D eigenvalue weighted by molar-refractivity contribution is -0.112. The molecule has 8 heteroatoms. The van der Waals surface area contributed by atoms with E-state index in [4.69, 9.17) is 32.7 Å². The van der Waals surface area contributed by atoms with E-state index in [2.05, 4.69) is 52.4 Å². The van der Waals surface area contributed by atoms with Crippen LogP contribution in [0.2, 0.25) is 10.0 Å². The fourth-order valence-electron chi connectivity index (χ4n) is 3.83. The second kappa shape index (κ2) is 11.7. The summed E-state index contributed by atoms with van der Waals surface area (Å²) in [5.41, 5.74) is 3.12. The molecule has 0 fully saturated rings. The number of carbonyl (C=O) groups excluding carboxylic acids is 1. The largest absolute Gasteiger partial charge is 0.493 e. The van der Waals surface area contributed by atoms with Gasteiger partial charge in [-0.25, -0.2) is 0 Å². The monoisotopic (exact) mass is 594 g/mol. The number of ether oxygens (including phenoxy) is 2. The van der Waals surface area contributed by atoms with Crippen LogP contribution in [-0.2, 0) is 11.4 Å². The molecule has 0 spiro atoms. The molecule has 4 aromatic carbocycles. The molecule has 0 atom stereocenters. The number of carbonyl (C=O) groups is 1. The van der Waals surface area contributed by atoms with Gasteiger partial charge in [-0.3, -0.25) is 4.79 Å². The topological polar surface area (TPSA) is 71.3 Å². The van der Waals surface area contributed by atoms with Gasteiger partial charge in [0.15, 0.2) is 11.5 Å². The van der Waals surface area contributed by atoms with Gasteiger partial charge in [0.05, 0.1) is 21.6 Å². The Morgan fingerprint density at radius 2 is 1.86 bits per heavy atom. The SMILES string of the molecule is COc1cc(/C=C(\C#N)C(=O)Nc2ccc(Cl)c(Cl)c2)cc(Br)c1OCc1c(C)ccc2ccccc12. The van der Waals surface area contributed by atoms with E-state index >= 15 is 0 Å². The minimum Gasteiger partial charge on any atom is -0.493 e. The van der Waals surface area contributed by atoms with Crippen LogP contribution in [0.5, 0.6) is 11.5 Å². The van der Waals surface area contributed by atoms with Crippen molar-refractivity contribution in [2.24, 2.45) is 0 Å². The zero-order valence-corrected chi connectivity index (χ0v) is 23.0. The summed E-state index contributed by atoms with van der Waals surface area (Å²) in [4.78, 5) is 12.7. The van der Waals surface area contributed by atoms with Gasteiger partial charge in [-0.2, -0.15) is 5.26 Å². The van der Waals surface area contributed by atoms with Crippen molar-refractivity contribution < 1.29 is 14.3 Å². The van der Waals surface area contributed by atoms with Crippen molar-refractivity contribution in [3.8, 4) is 17.6 Å². The van der Waals surface area contributed by atoms with Gasteiger partial charge in [0.1, 0.15) is 18.2 Å². The Bertz CT molecular complexity index is 1580. The lowest BCUT2D eigenvalue weighted by Gasteiger charge is -2.16. The third kappa shape index (κ3) is 6.08. The molecule has 0 radical (unpaired) electrons. The van der Waals surface area contributed by atoms with Crippen molar-refractivity contribution >= 4 is 67.6 Å². The zero-order valence-electron chi connectivity index (χ0n) is 19.9. The van der Waals surface area contributed by atoms with Gasteiger partial charge in [0.2, 0.25) is 0 Å². The Balaban J connectivity index is 1.59. The predicted molar refractivity (Wildman–Crippen MR) is 152 cm³/mol. The first-order valence-corrected chi connectivity index (χ1v) is 12.7. The lowest BCUT2D eigenvalue weighted by Crippen LogP contribution is -2.13. The molecule has 5 nitrogen and oxygen atoms in total. The van der Waals surface area contributed by atoms with Gasteiger partial charge < -0.3 is 14.8 Å². The van der Waals surface area contributed by atoms with E-state index in [-0.39, 0.29) is 5.57 Å². The van der Waals surface area contributed by atoms with Crippen molar-refractivity contribution in [1.29, 1.82) is 5.26 Å². The number of fused-ring (bicyclic) bond motifs is 1. The number of nitrogens with one attached hydrogen (secondary N) is 1. The molecule has 0 aliphatic heterocycles. The van der Waals surface area contributed by atoms with Gasteiger partial charge >= 0.3 is 0 Å². The van der Waals surface area contributed by atoms with Crippen LogP contribution in [0.15, 0.2) is 76.8 Å². The fraction of sp³-hybridized carbons (Fsp3) is 0.103. The summed E-state index contributed by atoms with van der Waals surface area (Å²) in [5, 5.41) is 15.2. The van der Waals surface area contributed by atoms with Crippen LogP contribution in [0.1, 0.15) is 16.7 Å². The maximum absolute atomic E-state index is 12.7. The quantitative estimate of drug-likeness (QED) is 0.172. The molecule has 0 aliphatic rings. The van der Waals surface area contributed by atoms with Crippen molar-refractivity contribution in [2.75, 3.05) is 12.4 Å². The Labute approximate surface area is 233 Å². The molecule has 0 unspecified atom stereocenters. The fourth-order valence-corrected chi connectivity index (χ4v) is 4.70. The number of methoxy groups -OCH3 is 1. The summed E-state index contributed by atoms with van der Waals surface area (Å²) >= 11 is 15.5. The van der Waals surface area contributed by atoms with Gasteiger partial charge in [0.25, 0.3) is 5.91 Å². The summed E-state index contributed by atoms with van der Waals surface area (Å²) in [5.74, 6) is 0.397. The van der Waals surface area contributed by atoms with E-state index in [1.54, 1.807) is 24.3 Å². The maximum Gasteiger partial charge on any atom is 0.266 e. The summed E-state index contributed by atoms with van der Waals surface area (Å²) in [6.45, 7) is 2.39. The molecule has 1 N–H and O–H groups in total. The highest BCUT2D eigenvalue weighted by Crippen LogP contribution is 2.38. The number of rotatable bonds is 7. The molecule has 37 heavy (non-hydrogen) atoms. The average Bonchev–Trinajstić information content (AvgIpc) is 2.89. The molecule has 4 rings (SSSR count). The average molecular weight is 596 g/mol. The maximum atomic E-state index is 12.7. The van der Waals surface area contributed by atoms with E-state index < -0.39 is 5.91 Å². The molecular formula is C29H21BrCl2N2O3. The smallest absolute Gasteiger partial charge is 0.266 e. The van der Waals surface area contributed by atoms with Crippen LogP contribution in [0.4, 0.5) is 5.69 Å². The number of halogens is 3. The van der Waals surface area contributed by atoms with Crippen LogP contribution in [0, 0.1) is 18.3 Å². The highest BCUT2D eigenvalue weighted by Gasteiger charge is 2.16. The highest BCUT2D eigenvalue weighted by atomic mass is 79.9. The molecule has 4 aromatic rings. The van der Waals surface area contributed by atoms with Crippen LogP contribution in [-0.4, -0.2) is 13.0 Å².